The van der Waals surface area contributed by atoms with Crippen LogP contribution in [0.2, 0.25) is 0 Å². The Morgan fingerprint density at radius 1 is 0.950 bits per heavy atom. The highest BCUT2D eigenvalue weighted by Crippen LogP contribution is 2.51. The number of halogens is 3. The molecule has 0 saturated carbocycles. The second-order valence-corrected chi connectivity index (χ2v) is 11.7. The summed E-state index contributed by atoms with van der Waals surface area (Å²) < 4.78 is 77.0. The molecule has 40 heavy (non-hydrogen) atoms. The number of aromatic hydroxyl groups is 1. The van der Waals surface area contributed by atoms with Gasteiger partial charge in [-0.2, -0.15) is 18.3 Å². The second kappa shape index (κ2) is 9.79. The molecule has 2 aliphatic rings. The summed E-state index contributed by atoms with van der Waals surface area (Å²) in [5.41, 5.74) is 3.38. The molecule has 12 heteroatoms. The van der Waals surface area contributed by atoms with Crippen molar-refractivity contribution in [1.29, 1.82) is 0 Å². The number of phenols is 1. The molecule has 206 valence electrons. The fraction of sp³-hybridized carbons (Fsp3) is 0.214. The third-order valence-electron chi connectivity index (χ3n) is 7.09. The van der Waals surface area contributed by atoms with Crippen molar-refractivity contribution in [3.63, 3.8) is 0 Å². The van der Waals surface area contributed by atoms with Gasteiger partial charge in [-0.1, -0.05) is 42.5 Å². The topological polar surface area (TPSA) is 97.6 Å². The Bertz CT molecular complexity index is 1640. The van der Waals surface area contributed by atoms with Gasteiger partial charge in [-0.15, -0.1) is 0 Å². The third-order valence-corrected chi connectivity index (χ3v) is 9.25. The van der Waals surface area contributed by atoms with Crippen molar-refractivity contribution in [2.24, 2.45) is 0 Å². The van der Waals surface area contributed by atoms with E-state index in [1.54, 1.807) is 47.1 Å². The van der Waals surface area contributed by atoms with Gasteiger partial charge in [0.05, 0.1) is 17.5 Å². The molecule has 0 amide bonds. The van der Waals surface area contributed by atoms with Crippen molar-refractivity contribution >= 4 is 26.9 Å². The van der Waals surface area contributed by atoms with Crippen LogP contribution in [0.25, 0.3) is 16.8 Å². The Hall–Kier alpha value is -4.16. The van der Waals surface area contributed by atoms with Gasteiger partial charge in [-0.05, 0) is 65.1 Å². The summed E-state index contributed by atoms with van der Waals surface area (Å²) in [6.07, 6.45) is -3.49. The van der Waals surface area contributed by atoms with Gasteiger partial charge in [0.15, 0.2) is 0 Å². The monoisotopic (exact) mass is 568 g/mol. The lowest BCUT2D eigenvalue weighted by Crippen LogP contribution is -2.47. The van der Waals surface area contributed by atoms with Gasteiger partial charge >= 0.3 is 6.18 Å². The molecule has 1 fully saturated rings. The first-order chi connectivity index (χ1) is 19.1. The molecule has 3 heterocycles. The number of aromatic nitrogens is 3. The summed E-state index contributed by atoms with van der Waals surface area (Å²) in [4.78, 5) is 3.94. The molecule has 0 spiro atoms. The van der Waals surface area contributed by atoms with E-state index in [0.29, 0.717) is 15.4 Å². The highest BCUT2D eigenvalue weighted by Gasteiger charge is 2.55. The number of benzene rings is 3. The van der Waals surface area contributed by atoms with E-state index >= 15 is 0 Å². The lowest BCUT2D eigenvalue weighted by molar-refractivity contribution is -0.117. The number of nitrogens with zero attached hydrogens (tertiary/aromatic N) is 4. The van der Waals surface area contributed by atoms with Crippen LogP contribution in [0.5, 0.6) is 5.75 Å². The molecule has 6 rings (SSSR count). The minimum Gasteiger partial charge on any atom is -0.508 e. The van der Waals surface area contributed by atoms with Crippen LogP contribution in [-0.2, 0) is 14.8 Å². The molecule has 3 atom stereocenters. The third kappa shape index (κ3) is 4.73. The second-order valence-electron chi connectivity index (χ2n) is 9.58. The predicted octanol–water partition coefficient (Wildman–Crippen LogP) is 4.82. The molecule has 0 radical (unpaired) electrons. The van der Waals surface area contributed by atoms with E-state index in [-0.39, 0.29) is 17.9 Å². The number of fused-ring (bicyclic) bond motifs is 2. The van der Waals surface area contributed by atoms with Gasteiger partial charge in [0.25, 0.3) is 0 Å². The van der Waals surface area contributed by atoms with Gasteiger partial charge < -0.3 is 9.84 Å². The Morgan fingerprint density at radius 3 is 2.23 bits per heavy atom. The van der Waals surface area contributed by atoms with Crippen molar-refractivity contribution < 1.29 is 31.4 Å². The Labute approximate surface area is 228 Å². The maximum absolute atomic E-state index is 13.9. The highest BCUT2D eigenvalue weighted by atomic mass is 32.2. The number of hydrogen-bond donors (Lipinski definition) is 1. The Morgan fingerprint density at radius 2 is 1.60 bits per heavy atom. The minimum absolute atomic E-state index is 0.00899. The van der Waals surface area contributed by atoms with E-state index in [4.69, 9.17) is 4.74 Å². The van der Waals surface area contributed by atoms with Crippen LogP contribution in [0.4, 0.5) is 18.9 Å². The fourth-order valence-corrected chi connectivity index (χ4v) is 7.38. The van der Waals surface area contributed by atoms with E-state index in [1.807, 2.05) is 0 Å². The molecule has 4 aromatic rings. The summed E-state index contributed by atoms with van der Waals surface area (Å²) in [5, 5.41) is 12.7. The van der Waals surface area contributed by atoms with E-state index in [0.717, 1.165) is 16.8 Å². The first-order valence-corrected chi connectivity index (χ1v) is 13.9. The number of phenolic OH excluding ortho intramolecular Hbond substituents is 1. The molecule has 1 saturated heterocycles. The predicted molar refractivity (Wildman–Crippen MR) is 142 cm³/mol. The van der Waals surface area contributed by atoms with Gasteiger partial charge in [-0.3, -0.25) is 4.31 Å². The number of ether oxygens (including phenoxy) is 1. The van der Waals surface area contributed by atoms with Gasteiger partial charge in [-0.25, -0.2) is 18.1 Å². The largest absolute Gasteiger partial charge is 0.508 e. The summed E-state index contributed by atoms with van der Waals surface area (Å²) in [6.45, 7) is -1.65. The van der Waals surface area contributed by atoms with E-state index in [1.165, 1.54) is 49.1 Å². The van der Waals surface area contributed by atoms with Crippen LogP contribution in [0.15, 0.2) is 91.5 Å². The molecule has 1 aromatic heterocycles. The zero-order valence-corrected chi connectivity index (χ0v) is 21.6. The SMILES string of the molecule is O=S(=O)(C1CC2OC1C(c1ccc(-n3cncn3)cc1)=C2c1ccc(O)cc1)N(CC(F)(F)F)c1ccccc1. The maximum atomic E-state index is 13.9. The van der Waals surface area contributed by atoms with Crippen LogP contribution in [0, 0.1) is 0 Å². The van der Waals surface area contributed by atoms with Crippen LogP contribution < -0.4 is 4.31 Å². The Balaban J connectivity index is 1.44. The molecule has 8 nitrogen and oxygen atoms in total. The van der Waals surface area contributed by atoms with Crippen molar-refractivity contribution in [1.82, 2.24) is 14.8 Å². The van der Waals surface area contributed by atoms with Crippen molar-refractivity contribution in [3.05, 3.63) is 103 Å². The summed E-state index contributed by atoms with van der Waals surface area (Å²) in [6, 6.07) is 20.9. The zero-order chi connectivity index (χ0) is 28.1. The summed E-state index contributed by atoms with van der Waals surface area (Å²) >= 11 is 0. The molecule has 3 unspecified atom stereocenters. The molecular formula is C28H23F3N4O4S. The highest BCUT2D eigenvalue weighted by molar-refractivity contribution is 7.93. The van der Waals surface area contributed by atoms with Gasteiger partial charge in [0.2, 0.25) is 10.0 Å². The molecule has 0 aliphatic carbocycles. The average Bonchev–Trinajstić information content (AvgIpc) is 3.70. The lowest BCUT2D eigenvalue weighted by atomic mass is 9.83. The number of hydrogen-bond acceptors (Lipinski definition) is 6. The number of sulfonamides is 1. The fourth-order valence-electron chi connectivity index (χ4n) is 5.39. The molecule has 3 aromatic carbocycles. The van der Waals surface area contributed by atoms with Crippen LogP contribution >= 0.6 is 0 Å². The first-order valence-electron chi connectivity index (χ1n) is 12.4. The van der Waals surface area contributed by atoms with E-state index in [2.05, 4.69) is 10.1 Å². The summed E-state index contributed by atoms with van der Waals surface area (Å²) in [5.74, 6) is 0.0678. The quantitative estimate of drug-likeness (QED) is 0.343. The minimum atomic E-state index is -4.76. The van der Waals surface area contributed by atoms with Crippen LogP contribution in [0.3, 0.4) is 0 Å². The van der Waals surface area contributed by atoms with E-state index in [9.17, 15) is 26.7 Å². The maximum Gasteiger partial charge on any atom is 0.407 e. The number of rotatable bonds is 7. The van der Waals surface area contributed by atoms with Crippen molar-refractivity contribution in [2.75, 3.05) is 10.8 Å². The van der Waals surface area contributed by atoms with E-state index < -0.39 is 40.2 Å². The van der Waals surface area contributed by atoms with Crippen LogP contribution in [-0.4, -0.2) is 58.5 Å². The lowest BCUT2D eigenvalue weighted by Gasteiger charge is -2.32. The number of anilines is 1. The van der Waals surface area contributed by atoms with Crippen molar-refractivity contribution in [2.45, 2.75) is 30.1 Å². The smallest absolute Gasteiger partial charge is 0.407 e. The molecule has 2 bridgehead atoms. The van der Waals surface area contributed by atoms with Gasteiger partial charge in [0.1, 0.15) is 36.3 Å². The number of para-hydroxylation sites is 1. The number of alkyl halides is 3. The molecular weight excluding hydrogens is 545 g/mol. The normalized spacial score (nSPS) is 20.7. The van der Waals surface area contributed by atoms with Gasteiger partial charge in [0, 0.05) is 0 Å². The zero-order valence-electron chi connectivity index (χ0n) is 20.8. The molecule has 2 aliphatic heterocycles. The van der Waals surface area contributed by atoms with Crippen LogP contribution in [0.1, 0.15) is 17.5 Å². The average molecular weight is 569 g/mol. The standard InChI is InChI=1S/C28H23F3N4O4S/c29-28(30,31)15-35(21-4-2-1-3-5-21)40(37,38)24-14-23-25(18-8-12-22(36)13-9-18)26(27(24)39-23)19-6-10-20(11-7-19)34-17-32-16-33-34/h1-13,16-17,23-24,27,36H,14-15H2. The first kappa shape index (κ1) is 26.1. The summed E-state index contributed by atoms with van der Waals surface area (Å²) in [7, 11) is -4.52. The Kier molecular flexibility index (Phi) is 6.38. The molecule has 1 N–H and O–H groups in total. The van der Waals surface area contributed by atoms with Crippen molar-refractivity contribution in [3.8, 4) is 11.4 Å².